The number of rotatable bonds is 3. The summed E-state index contributed by atoms with van der Waals surface area (Å²) < 4.78 is 1.98. The Hall–Kier alpha value is -2.69. The van der Waals surface area contributed by atoms with Crippen LogP contribution in [0.4, 0.5) is 0 Å². The lowest BCUT2D eigenvalue weighted by Gasteiger charge is -2.35. The van der Waals surface area contributed by atoms with Gasteiger partial charge in [0.15, 0.2) is 11.5 Å². The Bertz CT molecular complexity index is 985. The standard InChI is InChI=1S/C22H26N4O/c1-15-9-7-8-12-19(15)21-24-20-16(2)13-14-23-22(20)26(21)25(17(3)27)18-10-5-4-6-11-18/h7-9,12-14,18H,4-6,10-11H2,1-3H3. The lowest BCUT2D eigenvalue weighted by atomic mass is 9.95. The van der Waals surface area contributed by atoms with E-state index >= 15 is 0 Å². The first-order valence-electron chi connectivity index (χ1n) is 9.78. The number of aromatic nitrogens is 3. The fraction of sp³-hybridized carbons (Fsp3) is 0.409. The van der Waals surface area contributed by atoms with Gasteiger partial charge in [-0.15, -0.1) is 0 Å². The van der Waals surface area contributed by atoms with Crippen molar-refractivity contribution in [3.63, 3.8) is 0 Å². The number of carbonyl (C=O) groups is 1. The zero-order valence-electron chi connectivity index (χ0n) is 16.3. The SMILES string of the molecule is CC(=O)N(C1CCCCC1)n1c(-c2ccccc2C)nc2c(C)ccnc21. The van der Waals surface area contributed by atoms with E-state index < -0.39 is 0 Å². The number of hydrogen-bond acceptors (Lipinski definition) is 3. The summed E-state index contributed by atoms with van der Waals surface area (Å²) in [6.07, 6.45) is 7.42. The number of carbonyl (C=O) groups excluding carboxylic acids is 1. The summed E-state index contributed by atoms with van der Waals surface area (Å²) in [6, 6.07) is 10.4. The van der Waals surface area contributed by atoms with Gasteiger partial charge in [0.1, 0.15) is 5.52 Å². The molecule has 2 aromatic heterocycles. The number of fused-ring (bicyclic) bond motifs is 1. The molecule has 2 heterocycles. The van der Waals surface area contributed by atoms with E-state index in [0.29, 0.717) is 0 Å². The van der Waals surface area contributed by atoms with Gasteiger partial charge in [-0.1, -0.05) is 43.5 Å². The maximum atomic E-state index is 12.8. The second-order valence-corrected chi connectivity index (χ2v) is 7.52. The molecule has 5 heteroatoms. The molecule has 27 heavy (non-hydrogen) atoms. The molecule has 1 amide bonds. The van der Waals surface area contributed by atoms with Crippen molar-refractivity contribution in [1.29, 1.82) is 0 Å². The maximum absolute atomic E-state index is 12.8. The van der Waals surface area contributed by atoms with Crippen molar-refractivity contribution in [2.45, 2.75) is 58.9 Å². The molecule has 0 radical (unpaired) electrons. The van der Waals surface area contributed by atoms with E-state index in [1.807, 2.05) is 34.8 Å². The summed E-state index contributed by atoms with van der Waals surface area (Å²) in [5.41, 5.74) is 4.86. The predicted octanol–water partition coefficient (Wildman–Crippen LogP) is 4.53. The highest BCUT2D eigenvalue weighted by molar-refractivity contribution is 5.89. The second-order valence-electron chi connectivity index (χ2n) is 7.52. The van der Waals surface area contributed by atoms with Crippen LogP contribution in [0.5, 0.6) is 0 Å². The summed E-state index contributed by atoms with van der Waals surface area (Å²) in [7, 11) is 0. The molecule has 0 unspecified atom stereocenters. The van der Waals surface area contributed by atoms with Gasteiger partial charge in [-0.05, 0) is 43.9 Å². The second kappa shape index (κ2) is 7.14. The van der Waals surface area contributed by atoms with E-state index in [-0.39, 0.29) is 11.9 Å². The van der Waals surface area contributed by atoms with Crippen molar-refractivity contribution in [2.75, 3.05) is 5.01 Å². The van der Waals surface area contributed by atoms with Gasteiger partial charge in [0.2, 0.25) is 5.91 Å². The number of nitrogens with zero attached hydrogens (tertiary/aromatic N) is 4. The number of benzene rings is 1. The lowest BCUT2D eigenvalue weighted by molar-refractivity contribution is -0.118. The maximum Gasteiger partial charge on any atom is 0.238 e. The van der Waals surface area contributed by atoms with Crippen molar-refractivity contribution in [2.24, 2.45) is 0 Å². The number of hydrogen-bond donors (Lipinski definition) is 0. The van der Waals surface area contributed by atoms with Crippen molar-refractivity contribution < 1.29 is 4.79 Å². The summed E-state index contributed by atoms with van der Waals surface area (Å²) in [5, 5.41) is 1.91. The molecular weight excluding hydrogens is 336 g/mol. The Morgan fingerprint density at radius 2 is 1.81 bits per heavy atom. The molecule has 4 rings (SSSR count). The molecule has 1 saturated carbocycles. The topological polar surface area (TPSA) is 51.0 Å². The fourth-order valence-electron chi connectivity index (χ4n) is 4.17. The van der Waals surface area contributed by atoms with Gasteiger partial charge < -0.3 is 0 Å². The minimum atomic E-state index is 0.0411. The number of amides is 1. The average molecular weight is 362 g/mol. The van der Waals surface area contributed by atoms with Gasteiger partial charge in [-0.3, -0.25) is 4.79 Å². The zero-order chi connectivity index (χ0) is 19.0. The molecule has 0 aliphatic heterocycles. The number of imidazole rings is 1. The van der Waals surface area contributed by atoms with Crippen molar-refractivity contribution in [3.05, 3.63) is 47.7 Å². The average Bonchev–Trinajstić information content (AvgIpc) is 3.03. The van der Waals surface area contributed by atoms with E-state index in [0.717, 1.165) is 59.4 Å². The molecule has 1 aliphatic rings. The smallest absolute Gasteiger partial charge is 0.238 e. The van der Waals surface area contributed by atoms with Gasteiger partial charge in [-0.25, -0.2) is 19.7 Å². The van der Waals surface area contributed by atoms with Crippen LogP contribution in [-0.2, 0) is 4.79 Å². The normalized spacial score (nSPS) is 15.2. The highest BCUT2D eigenvalue weighted by Crippen LogP contribution is 2.31. The number of aryl methyl sites for hydroxylation is 2. The molecule has 1 aliphatic carbocycles. The van der Waals surface area contributed by atoms with Crippen molar-refractivity contribution >= 4 is 17.1 Å². The molecule has 0 spiro atoms. The van der Waals surface area contributed by atoms with Crippen LogP contribution >= 0.6 is 0 Å². The molecule has 140 valence electrons. The first-order chi connectivity index (χ1) is 13.1. The van der Waals surface area contributed by atoms with Crippen LogP contribution in [0.15, 0.2) is 36.5 Å². The quantitative estimate of drug-likeness (QED) is 0.688. The van der Waals surface area contributed by atoms with Gasteiger partial charge in [0.05, 0.1) is 6.04 Å². The summed E-state index contributed by atoms with van der Waals surface area (Å²) >= 11 is 0. The molecule has 1 aromatic carbocycles. The minimum Gasteiger partial charge on any atom is -0.273 e. The molecule has 1 fully saturated rings. The summed E-state index contributed by atoms with van der Waals surface area (Å²) in [6.45, 7) is 5.78. The van der Waals surface area contributed by atoms with E-state index in [1.165, 1.54) is 6.42 Å². The Labute approximate surface area is 160 Å². The molecule has 3 aromatic rings. The molecule has 0 N–H and O–H groups in total. The Morgan fingerprint density at radius 1 is 1.07 bits per heavy atom. The van der Waals surface area contributed by atoms with Crippen LogP contribution in [0.25, 0.3) is 22.6 Å². The molecular formula is C22H26N4O. The first kappa shape index (κ1) is 17.7. The van der Waals surface area contributed by atoms with Crippen molar-refractivity contribution in [3.8, 4) is 11.4 Å². The molecule has 0 bridgehead atoms. The largest absolute Gasteiger partial charge is 0.273 e. The number of pyridine rings is 1. The Kier molecular flexibility index (Phi) is 4.68. The van der Waals surface area contributed by atoms with E-state index in [1.54, 1.807) is 13.1 Å². The first-order valence-corrected chi connectivity index (χ1v) is 9.78. The third-order valence-electron chi connectivity index (χ3n) is 5.57. The molecule has 0 saturated heterocycles. The third-order valence-corrected chi connectivity index (χ3v) is 5.57. The monoisotopic (exact) mass is 362 g/mol. The van der Waals surface area contributed by atoms with Gasteiger partial charge in [0.25, 0.3) is 0 Å². The highest BCUT2D eigenvalue weighted by Gasteiger charge is 2.30. The summed E-state index contributed by atoms with van der Waals surface area (Å²) in [4.78, 5) is 22.4. The predicted molar refractivity (Wildman–Crippen MR) is 108 cm³/mol. The van der Waals surface area contributed by atoms with Crippen LogP contribution in [0, 0.1) is 13.8 Å². The lowest BCUT2D eigenvalue weighted by Crippen LogP contribution is -2.48. The van der Waals surface area contributed by atoms with Gasteiger partial charge in [0, 0.05) is 18.7 Å². The molecule has 5 nitrogen and oxygen atoms in total. The van der Waals surface area contributed by atoms with Crippen LogP contribution in [0.2, 0.25) is 0 Å². The van der Waals surface area contributed by atoms with Crippen LogP contribution in [-0.4, -0.2) is 26.6 Å². The zero-order valence-corrected chi connectivity index (χ0v) is 16.3. The van der Waals surface area contributed by atoms with Gasteiger partial charge >= 0.3 is 0 Å². The summed E-state index contributed by atoms with van der Waals surface area (Å²) in [5.74, 6) is 0.838. The van der Waals surface area contributed by atoms with Gasteiger partial charge in [-0.2, -0.15) is 0 Å². The van der Waals surface area contributed by atoms with Crippen LogP contribution < -0.4 is 5.01 Å². The Balaban J connectivity index is 1.99. The minimum absolute atomic E-state index is 0.0411. The van der Waals surface area contributed by atoms with E-state index in [2.05, 4.69) is 24.0 Å². The third kappa shape index (κ3) is 3.11. The van der Waals surface area contributed by atoms with Crippen LogP contribution in [0.3, 0.4) is 0 Å². The highest BCUT2D eigenvalue weighted by atomic mass is 16.2. The fourth-order valence-corrected chi connectivity index (χ4v) is 4.17. The van der Waals surface area contributed by atoms with Crippen molar-refractivity contribution in [1.82, 2.24) is 14.6 Å². The van der Waals surface area contributed by atoms with E-state index in [4.69, 9.17) is 4.98 Å². The van der Waals surface area contributed by atoms with E-state index in [9.17, 15) is 4.79 Å². The van der Waals surface area contributed by atoms with Crippen LogP contribution in [0.1, 0.15) is 50.2 Å². The molecule has 0 atom stereocenters. The Morgan fingerprint density at radius 3 is 2.52 bits per heavy atom.